The Morgan fingerprint density at radius 2 is 2.19 bits per heavy atom. The number of rotatable bonds is 7. The molecule has 0 saturated carbocycles. The Morgan fingerprint density at radius 1 is 1.29 bits per heavy atom. The van der Waals surface area contributed by atoms with Crippen molar-refractivity contribution in [1.29, 1.82) is 0 Å². The third kappa shape index (κ3) is 5.62. The number of amides is 2. The van der Waals surface area contributed by atoms with Gasteiger partial charge in [-0.15, -0.1) is 11.3 Å². The van der Waals surface area contributed by atoms with E-state index < -0.39 is 0 Å². The summed E-state index contributed by atoms with van der Waals surface area (Å²) in [6, 6.07) is 9.60. The van der Waals surface area contributed by atoms with Gasteiger partial charge in [0.1, 0.15) is 23.3 Å². The molecule has 2 N–H and O–H groups in total. The third-order valence-electron chi connectivity index (χ3n) is 4.57. The van der Waals surface area contributed by atoms with Crippen molar-refractivity contribution in [1.82, 2.24) is 25.2 Å². The topological polar surface area (TPSA) is 109 Å². The number of nitrogens with zero attached hydrogens (tertiary/aromatic N) is 4. The van der Waals surface area contributed by atoms with Crippen LogP contribution in [0, 0.1) is 6.92 Å². The number of hydrogen-bond donors (Lipinski definition) is 2. The van der Waals surface area contributed by atoms with Crippen molar-refractivity contribution < 1.29 is 14.3 Å². The lowest BCUT2D eigenvalue weighted by Crippen LogP contribution is -2.50. The number of thiazole rings is 1. The Kier molecular flexibility index (Phi) is 6.48. The SMILES string of the molecule is Cc1ccnc(Nc2cccc(-c3cnc(COCC(=O)N4CCNC(=O)C4)s3)n2)c1. The van der Waals surface area contributed by atoms with Crippen molar-refractivity contribution in [3.63, 3.8) is 0 Å². The third-order valence-corrected chi connectivity index (χ3v) is 5.56. The first-order valence-electron chi connectivity index (χ1n) is 9.81. The average Bonchev–Trinajstić information content (AvgIpc) is 3.23. The maximum Gasteiger partial charge on any atom is 0.249 e. The predicted molar refractivity (Wildman–Crippen MR) is 117 cm³/mol. The summed E-state index contributed by atoms with van der Waals surface area (Å²) < 4.78 is 5.52. The van der Waals surface area contributed by atoms with E-state index in [0.717, 1.165) is 27.0 Å². The molecule has 9 nitrogen and oxygen atoms in total. The van der Waals surface area contributed by atoms with Crippen LogP contribution in [0.5, 0.6) is 0 Å². The Morgan fingerprint density at radius 3 is 3.03 bits per heavy atom. The van der Waals surface area contributed by atoms with Gasteiger partial charge in [0.05, 0.1) is 23.7 Å². The van der Waals surface area contributed by atoms with Crippen LogP contribution in [0.15, 0.2) is 42.7 Å². The summed E-state index contributed by atoms with van der Waals surface area (Å²) in [6.45, 7) is 3.21. The van der Waals surface area contributed by atoms with Gasteiger partial charge in [0.15, 0.2) is 0 Å². The van der Waals surface area contributed by atoms with E-state index in [-0.39, 0.29) is 31.6 Å². The minimum absolute atomic E-state index is 0.0800. The van der Waals surface area contributed by atoms with E-state index >= 15 is 0 Å². The highest BCUT2D eigenvalue weighted by molar-refractivity contribution is 7.15. The van der Waals surface area contributed by atoms with Gasteiger partial charge < -0.3 is 20.3 Å². The first-order chi connectivity index (χ1) is 15.1. The van der Waals surface area contributed by atoms with Gasteiger partial charge >= 0.3 is 0 Å². The van der Waals surface area contributed by atoms with Crippen LogP contribution in [0.4, 0.5) is 11.6 Å². The molecular weight excluding hydrogens is 416 g/mol. The molecule has 31 heavy (non-hydrogen) atoms. The first-order valence-corrected chi connectivity index (χ1v) is 10.6. The second-order valence-corrected chi connectivity index (χ2v) is 8.14. The van der Waals surface area contributed by atoms with Gasteiger partial charge in [0.25, 0.3) is 0 Å². The Labute approximate surface area is 183 Å². The lowest BCUT2D eigenvalue weighted by Gasteiger charge is -2.26. The maximum atomic E-state index is 12.2. The number of aromatic nitrogens is 3. The van der Waals surface area contributed by atoms with Crippen molar-refractivity contribution >= 4 is 34.8 Å². The van der Waals surface area contributed by atoms with Gasteiger partial charge in [0, 0.05) is 25.5 Å². The lowest BCUT2D eigenvalue weighted by atomic mass is 10.3. The fourth-order valence-corrected chi connectivity index (χ4v) is 3.87. The molecule has 1 aliphatic rings. The number of anilines is 2. The number of carbonyl (C=O) groups excluding carboxylic acids is 2. The molecule has 2 amide bonds. The molecule has 0 bridgehead atoms. The number of hydrogen-bond acceptors (Lipinski definition) is 8. The average molecular weight is 439 g/mol. The zero-order valence-electron chi connectivity index (χ0n) is 17.0. The summed E-state index contributed by atoms with van der Waals surface area (Å²) in [4.78, 5) is 39.2. The van der Waals surface area contributed by atoms with E-state index in [1.807, 2.05) is 37.3 Å². The molecule has 10 heteroatoms. The smallest absolute Gasteiger partial charge is 0.249 e. The molecule has 3 aromatic heterocycles. The molecule has 3 aromatic rings. The van der Waals surface area contributed by atoms with E-state index in [2.05, 4.69) is 25.6 Å². The summed E-state index contributed by atoms with van der Waals surface area (Å²) in [7, 11) is 0. The fourth-order valence-electron chi connectivity index (χ4n) is 3.04. The van der Waals surface area contributed by atoms with Crippen molar-refractivity contribution in [2.24, 2.45) is 0 Å². The second kappa shape index (κ2) is 9.63. The van der Waals surface area contributed by atoms with Gasteiger partial charge in [-0.2, -0.15) is 0 Å². The Balaban J connectivity index is 1.33. The summed E-state index contributed by atoms with van der Waals surface area (Å²) >= 11 is 1.46. The number of ether oxygens (including phenoxy) is 1. The number of aryl methyl sites for hydroxylation is 1. The Bertz CT molecular complexity index is 1090. The predicted octanol–water partition coefficient (Wildman–Crippen LogP) is 2.13. The maximum absolute atomic E-state index is 12.2. The Hall–Kier alpha value is -3.37. The molecule has 0 radical (unpaired) electrons. The number of pyridine rings is 2. The molecule has 0 aromatic carbocycles. The van der Waals surface area contributed by atoms with Crippen LogP contribution in [-0.2, 0) is 20.9 Å². The minimum atomic E-state index is -0.197. The fraction of sp³-hybridized carbons (Fsp3) is 0.286. The largest absolute Gasteiger partial charge is 0.364 e. The molecule has 160 valence electrons. The second-order valence-electron chi connectivity index (χ2n) is 7.03. The minimum Gasteiger partial charge on any atom is -0.364 e. The first kappa shape index (κ1) is 20.9. The van der Waals surface area contributed by atoms with Crippen LogP contribution in [0.1, 0.15) is 10.6 Å². The van der Waals surface area contributed by atoms with Crippen LogP contribution < -0.4 is 10.6 Å². The van der Waals surface area contributed by atoms with E-state index in [1.54, 1.807) is 12.4 Å². The highest BCUT2D eigenvalue weighted by Gasteiger charge is 2.21. The molecule has 4 rings (SSSR count). The standard InChI is InChI=1S/C21H22N6O3S/c1-14-5-6-22-18(9-14)26-17-4-2-3-15(25-17)16-10-24-20(31-16)12-30-13-21(29)27-8-7-23-19(28)11-27/h2-6,9-10H,7-8,11-13H2,1H3,(H,23,28)(H,22,25,26). The zero-order valence-corrected chi connectivity index (χ0v) is 17.8. The highest BCUT2D eigenvalue weighted by Crippen LogP contribution is 2.26. The lowest BCUT2D eigenvalue weighted by molar-refractivity contribution is -0.142. The van der Waals surface area contributed by atoms with Gasteiger partial charge in [-0.3, -0.25) is 9.59 Å². The highest BCUT2D eigenvalue weighted by atomic mass is 32.1. The van der Waals surface area contributed by atoms with E-state index in [4.69, 9.17) is 4.74 Å². The van der Waals surface area contributed by atoms with E-state index in [9.17, 15) is 9.59 Å². The van der Waals surface area contributed by atoms with Gasteiger partial charge in [0.2, 0.25) is 11.8 Å². The summed E-state index contributed by atoms with van der Waals surface area (Å²) in [5, 5.41) is 6.65. The molecule has 1 aliphatic heterocycles. The molecule has 0 unspecified atom stereocenters. The normalized spacial score (nSPS) is 13.7. The van der Waals surface area contributed by atoms with Crippen LogP contribution in [0.2, 0.25) is 0 Å². The number of nitrogens with one attached hydrogen (secondary N) is 2. The summed E-state index contributed by atoms with van der Waals surface area (Å²) in [5.41, 5.74) is 1.90. The molecule has 1 fully saturated rings. The summed E-state index contributed by atoms with van der Waals surface area (Å²) in [5.74, 6) is 1.08. The zero-order chi connectivity index (χ0) is 21.6. The van der Waals surface area contributed by atoms with E-state index in [0.29, 0.717) is 18.9 Å². The quantitative estimate of drug-likeness (QED) is 0.582. The monoisotopic (exact) mass is 438 g/mol. The van der Waals surface area contributed by atoms with E-state index in [1.165, 1.54) is 16.2 Å². The van der Waals surface area contributed by atoms with Gasteiger partial charge in [-0.05, 0) is 36.8 Å². The van der Waals surface area contributed by atoms with Gasteiger partial charge in [-0.25, -0.2) is 15.0 Å². The van der Waals surface area contributed by atoms with Crippen molar-refractivity contribution in [2.45, 2.75) is 13.5 Å². The molecule has 4 heterocycles. The summed E-state index contributed by atoms with van der Waals surface area (Å²) in [6.07, 6.45) is 3.50. The number of piperazine rings is 1. The van der Waals surface area contributed by atoms with Crippen LogP contribution in [0.3, 0.4) is 0 Å². The van der Waals surface area contributed by atoms with Crippen molar-refractivity contribution in [3.05, 3.63) is 53.3 Å². The van der Waals surface area contributed by atoms with Crippen LogP contribution >= 0.6 is 11.3 Å². The van der Waals surface area contributed by atoms with Crippen LogP contribution in [-0.4, -0.2) is 57.9 Å². The molecule has 0 spiro atoms. The number of carbonyl (C=O) groups is 2. The van der Waals surface area contributed by atoms with Crippen molar-refractivity contribution in [3.8, 4) is 10.6 Å². The molecular formula is C21H22N6O3S. The molecule has 0 aliphatic carbocycles. The van der Waals surface area contributed by atoms with Crippen molar-refractivity contribution in [2.75, 3.05) is 31.6 Å². The molecule has 1 saturated heterocycles. The van der Waals surface area contributed by atoms with Crippen LogP contribution in [0.25, 0.3) is 10.6 Å². The van der Waals surface area contributed by atoms with Gasteiger partial charge in [-0.1, -0.05) is 6.07 Å². The molecule has 0 atom stereocenters.